The number of oxazole rings is 1. The van der Waals surface area contributed by atoms with E-state index in [1.54, 1.807) is 0 Å². The van der Waals surface area contributed by atoms with E-state index in [0.717, 1.165) is 6.07 Å². The number of aryl methyl sites for hydroxylation is 1. The maximum atomic E-state index is 13.0. The van der Waals surface area contributed by atoms with Crippen molar-refractivity contribution in [3.63, 3.8) is 0 Å². The van der Waals surface area contributed by atoms with Crippen molar-refractivity contribution >= 4 is 11.6 Å². The lowest BCUT2D eigenvalue weighted by Gasteiger charge is -2.13. The molecule has 0 saturated carbocycles. The fourth-order valence-corrected chi connectivity index (χ4v) is 2.39. The number of hydrogen-bond acceptors (Lipinski definition) is 4. The minimum atomic E-state index is -4.87. The number of alkyl halides is 3. The zero-order valence-corrected chi connectivity index (χ0v) is 14.3. The molecule has 0 atom stereocenters. The SMILES string of the molecule is O=C(CCc1ncc(-c2ccc(F)cc2)o1)Nc1ccccc1OC(F)(F)F. The zero-order valence-electron chi connectivity index (χ0n) is 14.3. The van der Waals surface area contributed by atoms with E-state index in [2.05, 4.69) is 15.0 Å². The molecule has 0 bridgehead atoms. The first-order valence-corrected chi connectivity index (χ1v) is 8.15. The molecule has 0 aliphatic heterocycles. The highest BCUT2D eigenvalue weighted by atomic mass is 19.4. The predicted octanol–water partition coefficient (Wildman–Crippen LogP) is 4.95. The number of aromatic nitrogens is 1. The van der Waals surface area contributed by atoms with Crippen LogP contribution in [0.1, 0.15) is 12.3 Å². The summed E-state index contributed by atoms with van der Waals surface area (Å²) in [4.78, 5) is 16.1. The van der Waals surface area contributed by atoms with Crippen molar-refractivity contribution in [2.24, 2.45) is 0 Å². The Hall–Kier alpha value is -3.36. The van der Waals surface area contributed by atoms with Gasteiger partial charge in [0.05, 0.1) is 11.9 Å². The number of anilines is 1. The summed E-state index contributed by atoms with van der Waals surface area (Å²) in [6.45, 7) is 0. The summed E-state index contributed by atoms with van der Waals surface area (Å²) >= 11 is 0. The number of benzene rings is 2. The van der Waals surface area contributed by atoms with Gasteiger partial charge in [0.2, 0.25) is 5.91 Å². The Morgan fingerprint density at radius 3 is 2.54 bits per heavy atom. The van der Waals surface area contributed by atoms with Crippen molar-refractivity contribution in [3.05, 3.63) is 66.4 Å². The summed E-state index contributed by atoms with van der Waals surface area (Å²) in [5.41, 5.74) is 0.534. The number of carbonyl (C=O) groups is 1. The van der Waals surface area contributed by atoms with E-state index in [9.17, 15) is 22.4 Å². The Kier molecular flexibility index (Phi) is 5.62. The molecule has 146 valence electrons. The lowest BCUT2D eigenvalue weighted by molar-refractivity contribution is -0.274. The van der Waals surface area contributed by atoms with Gasteiger partial charge in [-0.1, -0.05) is 12.1 Å². The Labute approximate surface area is 157 Å². The normalized spacial score (nSPS) is 11.3. The Balaban J connectivity index is 1.59. The first kappa shape index (κ1) is 19.4. The maximum Gasteiger partial charge on any atom is 0.573 e. The van der Waals surface area contributed by atoms with Crippen LogP contribution < -0.4 is 10.1 Å². The third kappa shape index (κ3) is 5.32. The molecule has 0 radical (unpaired) electrons. The van der Waals surface area contributed by atoms with E-state index in [4.69, 9.17) is 4.42 Å². The quantitative estimate of drug-likeness (QED) is 0.601. The second-order valence-electron chi connectivity index (χ2n) is 5.72. The van der Waals surface area contributed by atoms with Gasteiger partial charge in [0, 0.05) is 18.4 Å². The Bertz CT molecular complexity index is 952. The molecule has 0 spiro atoms. The molecule has 0 aliphatic rings. The summed E-state index contributed by atoms with van der Waals surface area (Å²) in [7, 11) is 0. The van der Waals surface area contributed by atoms with Crippen LogP contribution in [0.5, 0.6) is 5.75 Å². The van der Waals surface area contributed by atoms with Gasteiger partial charge in [-0.15, -0.1) is 13.2 Å². The molecule has 0 fully saturated rings. The number of amides is 1. The van der Waals surface area contributed by atoms with Crippen molar-refractivity contribution in [2.75, 3.05) is 5.32 Å². The molecule has 0 unspecified atom stereocenters. The summed E-state index contributed by atoms with van der Waals surface area (Å²) in [5, 5.41) is 2.37. The standard InChI is InChI=1S/C19H14F4N2O3/c20-13-7-5-12(6-8-13)16-11-24-18(27-16)10-9-17(26)25-14-3-1-2-4-15(14)28-19(21,22)23/h1-8,11H,9-10H2,(H,25,26). The van der Waals surface area contributed by atoms with Crippen molar-refractivity contribution in [2.45, 2.75) is 19.2 Å². The molecule has 1 N–H and O–H groups in total. The van der Waals surface area contributed by atoms with E-state index < -0.39 is 18.0 Å². The Morgan fingerprint density at radius 2 is 1.82 bits per heavy atom. The zero-order chi connectivity index (χ0) is 20.1. The molecule has 3 aromatic rings. The van der Waals surface area contributed by atoms with Crippen LogP contribution in [0.15, 0.2) is 59.1 Å². The van der Waals surface area contributed by atoms with Crippen molar-refractivity contribution in [1.82, 2.24) is 4.98 Å². The van der Waals surface area contributed by atoms with Crippen LogP contribution >= 0.6 is 0 Å². The second-order valence-corrected chi connectivity index (χ2v) is 5.72. The fraction of sp³-hybridized carbons (Fsp3) is 0.158. The number of halogens is 4. The molecule has 1 heterocycles. The number of nitrogens with one attached hydrogen (secondary N) is 1. The minimum Gasteiger partial charge on any atom is -0.441 e. The number of nitrogens with zero attached hydrogens (tertiary/aromatic N) is 1. The second kappa shape index (κ2) is 8.12. The topological polar surface area (TPSA) is 64.4 Å². The van der Waals surface area contributed by atoms with E-state index in [1.807, 2.05) is 0 Å². The number of carbonyl (C=O) groups excluding carboxylic acids is 1. The molecule has 3 rings (SSSR count). The van der Waals surface area contributed by atoms with Crippen molar-refractivity contribution < 1.29 is 31.5 Å². The highest BCUT2D eigenvalue weighted by Gasteiger charge is 2.32. The summed E-state index contributed by atoms with van der Waals surface area (Å²) in [6, 6.07) is 10.9. The molecule has 9 heteroatoms. The van der Waals surface area contributed by atoms with Gasteiger partial charge < -0.3 is 14.5 Å². The lowest BCUT2D eigenvalue weighted by atomic mass is 10.2. The van der Waals surface area contributed by atoms with Gasteiger partial charge in [-0.25, -0.2) is 9.37 Å². The van der Waals surface area contributed by atoms with E-state index in [-0.39, 0.29) is 30.2 Å². The highest BCUT2D eigenvalue weighted by molar-refractivity contribution is 5.92. The molecule has 1 aromatic heterocycles. The van der Waals surface area contributed by atoms with Gasteiger partial charge in [0.15, 0.2) is 17.4 Å². The van der Waals surface area contributed by atoms with E-state index >= 15 is 0 Å². The van der Waals surface area contributed by atoms with Crippen LogP contribution in [0.3, 0.4) is 0 Å². The summed E-state index contributed by atoms with van der Waals surface area (Å²) in [5.74, 6) is -0.721. The average Bonchev–Trinajstić information content (AvgIpc) is 3.10. The van der Waals surface area contributed by atoms with Crippen molar-refractivity contribution in [1.29, 1.82) is 0 Å². The number of hydrogen-bond donors (Lipinski definition) is 1. The Morgan fingerprint density at radius 1 is 1.11 bits per heavy atom. The van der Waals surface area contributed by atoms with Gasteiger partial charge in [0.25, 0.3) is 0 Å². The molecule has 0 aliphatic carbocycles. The molecular weight excluding hydrogens is 380 g/mol. The smallest absolute Gasteiger partial charge is 0.441 e. The highest BCUT2D eigenvalue weighted by Crippen LogP contribution is 2.30. The van der Waals surface area contributed by atoms with Crippen LogP contribution in [0.4, 0.5) is 23.2 Å². The average molecular weight is 394 g/mol. The van der Waals surface area contributed by atoms with Crippen LogP contribution in [0.2, 0.25) is 0 Å². The van der Waals surface area contributed by atoms with Gasteiger partial charge in [-0.3, -0.25) is 4.79 Å². The fourth-order valence-electron chi connectivity index (χ4n) is 2.39. The number of para-hydroxylation sites is 2. The van der Waals surface area contributed by atoms with Gasteiger partial charge >= 0.3 is 6.36 Å². The molecule has 1 amide bonds. The molecule has 28 heavy (non-hydrogen) atoms. The van der Waals surface area contributed by atoms with Crippen LogP contribution in [-0.4, -0.2) is 17.3 Å². The summed E-state index contributed by atoms with van der Waals surface area (Å²) < 4.78 is 59.6. The van der Waals surface area contributed by atoms with E-state index in [1.165, 1.54) is 48.7 Å². The molecule has 0 saturated heterocycles. The first-order valence-electron chi connectivity index (χ1n) is 8.15. The third-order valence-electron chi connectivity index (χ3n) is 3.64. The molecular formula is C19H14F4N2O3. The number of ether oxygens (including phenoxy) is 1. The van der Waals surface area contributed by atoms with E-state index in [0.29, 0.717) is 11.3 Å². The monoisotopic (exact) mass is 394 g/mol. The molecule has 5 nitrogen and oxygen atoms in total. The minimum absolute atomic E-state index is 0.0658. The summed E-state index contributed by atoms with van der Waals surface area (Å²) in [6.07, 6.45) is -3.35. The van der Waals surface area contributed by atoms with Crippen molar-refractivity contribution in [3.8, 4) is 17.1 Å². The number of rotatable bonds is 6. The van der Waals surface area contributed by atoms with Gasteiger partial charge in [0.1, 0.15) is 5.82 Å². The largest absolute Gasteiger partial charge is 0.573 e. The lowest BCUT2D eigenvalue weighted by Crippen LogP contribution is -2.19. The van der Waals surface area contributed by atoms with Gasteiger partial charge in [-0.2, -0.15) is 0 Å². The predicted molar refractivity (Wildman–Crippen MR) is 92.0 cm³/mol. The van der Waals surface area contributed by atoms with Gasteiger partial charge in [-0.05, 0) is 36.4 Å². The first-order chi connectivity index (χ1) is 13.3. The maximum absolute atomic E-state index is 13.0. The third-order valence-corrected chi connectivity index (χ3v) is 3.64. The van der Waals surface area contributed by atoms with Crippen LogP contribution in [0.25, 0.3) is 11.3 Å². The molecule has 2 aromatic carbocycles. The van der Waals surface area contributed by atoms with Crippen LogP contribution in [-0.2, 0) is 11.2 Å². The van der Waals surface area contributed by atoms with Crippen LogP contribution in [0, 0.1) is 5.82 Å².